The predicted molar refractivity (Wildman–Crippen MR) is 79.3 cm³/mol. The zero-order valence-electron chi connectivity index (χ0n) is 10.7. The third-order valence-corrected chi connectivity index (χ3v) is 4.78. The lowest BCUT2D eigenvalue weighted by molar-refractivity contribution is 0.405. The number of nitrogens with two attached hydrogens (primary N) is 2. The second-order valence-electron chi connectivity index (χ2n) is 4.00. The quantitative estimate of drug-likeness (QED) is 0.843. The number of hydrogen-bond acceptors (Lipinski definition) is 5. The Hall–Kier alpha value is -1.70. The molecule has 2 aromatic carbocycles. The summed E-state index contributed by atoms with van der Waals surface area (Å²) in [6.45, 7) is 0. The lowest BCUT2D eigenvalue weighted by Gasteiger charge is -2.11. The van der Waals surface area contributed by atoms with Gasteiger partial charge in [0.05, 0.1) is 16.9 Å². The maximum absolute atomic E-state index is 11.6. The molecule has 0 bridgehead atoms. The standard InChI is InChI=1S/C13H14N2O3S2/c1-18-10-4-2-3-5-11(10)19-12-7-6-9(14)8-13(12)20(15,16)17/h2-8H,14H2,1H3,(H2,15,16,17). The molecule has 4 N–H and O–H groups in total. The van der Waals surface area contributed by atoms with Crippen LogP contribution < -0.4 is 15.6 Å². The van der Waals surface area contributed by atoms with Gasteiger partial charge in [0.25, 0.3) is 0 Å². The summed E-state index contributed by atoms with van der Waals surface area (Å²) in [4.78, 5) is 1.31. The lowest BCUT2D eigenvalue weighted by atomic mass is 10.3. The molecule has 0 aliphatic heterocycles. The van der Waals surface area contributed by atoms with Crippen molar-refractivity contribution in [1.29, 1.82) is 0 Å². The molecule has 0 fully saturated rings. The number of anilines is 1. The number of rotatable bonds is 4. The van der Waals surface area contributed by atoms with Gasteiger partial charge in [-0.05, 0) is 30.3 Å². The van der Waals surface area contributed by atoms with E-state index >= 15 is 0 Å². The molecule has 20 heavy (non-hydrogen) atoms. The van der Waals surface area contributed by atoms with Crippen molar-refractivity contribution in [3.8, 4) is 5.75 Å². The Morgan fingerprint density at radius 3 is 2.45 bits per heavy atom. The molecule has 2 aromatic rings. The molecule has 0 aromatic heterocycles. The molecule has 0 saturated heterocycles. The number of ether oxygens (including phenoxy) is 1. The summed E-state index contributed by atoms with van der Waals surface area (Å²) >= 11 is 1.26. The molecule has 0 unspecified atom stereocenters. The van der Waals surface area contributed by atoms with Crippen molar-refractivity contribution in [3.05, 3.63) is 42.5 Å². The molecule has 106 valence electrons. The fourth-order valence-electron chi connectivity index (χ4n) is 1.65. The molecule has 0 saturated carbocycles. The monoisotopic (exact) mass is 310 g/mol. The molecule has 7 heteroatoms. The largest absolute Gasteiger partial charge is 0.496 e. The van der Waals surface area contributed by atoms with Crippen LogP contribution in [0.4, 0.5) is 5.69 Å². The van der Waals surface area contributed by atoms with E-state index in [1.54, 1.807) is 25.3 Å². The number of nitrogen functional groups attached to an aromatic ring is 1. The first-order chi connectivity index (χ1) is 9.41. The van der Waals surface area contributed by atoms with E-state index in [9.17, 15) is 8.42 Å². The smallest absolute Gasteiger partial charge is 0.239 e. The van der Waals surface area contributed by atoms with Crippen molar-refractivity contribution in [1.82, 2.24) is 0 Å². The van der Waals surface area contributed by atoms with Crippen LogP contribution in [-0.4, -0.2) is 15.5 Å². The minimum Gasteiger partial charge on any atom is -0.496 e. The van der Waals surface area contributed by atoms with Crippen LogP contribution in [0, 0.1) is 0 Å². The van der Waals surface area contributed by atoms with Crippen molar-refractivity contribution in [2.45, 2.75) is 14.7 Å². The van der Waals surface area contributed by atoms with Crippen LogP contribution in [0.1, 0.15) is 0 Å². The Bertz CT molecular complexity index is 730. The highest BCUT2D eigenvalue weighted by Gasteiger charge is 2.16. The predicted octanol–water partition coefficient (Wildman–Crippen LogP) is 2.08. The average Bonchev–Trinajstić information content (AvgIpc) is 2.40. The van der Waals surface area contributed by atoms with Gasteiger partial charge < -0.3 is 10.5 Å². The first kappa shape index (κ1) is 14.7. The van der Waals surface area contributed by atoms with E-state index in [0.29, 0.717) is 16.3 Å². The number of sulfonamides is 1. The van der Waals surface area contributed by atoms with E-state index < -0.39 is 10.0 Å². The summed E-state index contributed by atoms with van der Waals surface area (Å²) in [6.07, 6.45) is 0. The molecule has 0 aliphatic carbocycles. The second kappa shape index (κ2) is 5.74. The molecular formula is C13H14N2O3S2. The van der Waals surface area contributed by atoms with Gasteiger partial charge in [-0.25, -0.2) is 13.6 Å². The summed E-state index contributed by atoms with van der Waals surface area (Å²) < 4.78 is 28.5. The van der Waals surface area contributed by atoms with Crippen LogP contribution >= 0.6 is 11.8 Å². The van der Waals surface area contributed by atoms with E-state index in [1.807, 2.05) is 18.2 Å². The van der Waals surface area contributed by atoms with E-state index in [1.165, 1.54) is 17.8 Å². The number of hydrogen-bond donors (Lipinski definition) is 2. The zero-order chi connectivity index (χ0) is 14.8. The van der Waals surface area contributed by atoms with E-state index in [0.717, 1.165) is 4.90 Å². The Balaban J connectivity index is 2.49. The summed E-state index contributed by atoms with van der Waals surface area (Å²) in [7, 11) is -2.28. The van der Waals surface area contributed by atoms with Gasteiger partial charge in [0.2, 0.25) is 10.0 Å². The number of primary sulfonamides is 1. The Kier molecular flexibility index (Phi) is 4.22. The van der Waals surface area contributed by atoms with Crippen molar-refractivity contribution in [2.75, 3.05) is 12.8 Å². The highest BCUT2D eigenvalue weighted by molar-refractivity contribution is 8.00. The van der Waals surface area contributed by atoms with Gasteiger partial charge in [-0.15, -0.1) is 0 Å². The zero-order valence-corrected chi connectivity index (χ0v) is 12.4. The maximum Gasteiger partial charge on any atom is 0.239 e. The summed E-state index contributed by atoms with van der Waals surface area (Å²) in [6, 6.07) is 11.9. The summed E-state index contributed by atoms with van der Waals surface area (Å²) in [5, 5.41) is 5.22. The third-order valence-electron chi connectivity index (χ3n) is 2.56. The van der Waals surface area contributed by atoms with Gasteiger partial charge in [-0.2, -0.15) is 0 Å². The van der Waals surface area contributed by atoms with Gasteiger partial charge in [0, 0.05) is 10.6 Å². The van der Waals surface area contributed by atoms with Crippen molar-refractivity contribution >= 4 is 27.5 Å². The van der Waals surface area contributed by atoms with Crippen molar-refractivity contribution in [2.24, 2.45) is 5.14 Å². The highest BCUT2D eigenvalue weighted by atomic mass is 32.2. The Morgan fingerprint density at radius 1 is 1.10 bits per heavy atom. The first-order valence-corrected chi connectivity index (χ1v) is 8.01. The molecular weight excluding hydrogens is 296 g/mol. The average molecular weight is 310 g/mol. The summed E-state index contributed by atoms with van der Waals surface area (Å²) in [5.74, 6) is 0.662. The Labute approximate surface area is 122 Å². The van der Waals surface area contributed by atoms with Gasteiger partial charge >= 0.3 is 0 Å². The van der Waals surface area contributed by atoms with Gasteiger partial charge in [0.1, 0.15) is 5.75 Å². The second-order valence-corrected chi connectivity index (χ2v) is 6.62. The lowest BCUT2D eigenvalue weighted by Crippen LogP contribution is -2.13. The molecule has 0 atom stereocenters. The number of para-hydroxylation sites is 1. The number of methoxy groups -OCH3 is 1. The van der Waals surface area contributed by atoms with Crippen LogP contribution in [0.25, 0.3) is 0 Å². The van der Waals surface area contributed by atoms with Gasteiger partial charge in [-0.3, -0.25) is 0 Å². The fourth-order valence-corrected chi connectivity index (χ4v) is 3.71. The van der Waals surface area contributed by atoms with Gasteiger partial charge in [-0.1, -0.05) is 23.9 Å². The molecule has 0 radical (unpaired) electrons. The van der Waals surface area contributed by atoms with E-state index in [-0.39, 0.29) is 4.90 Å². The van der Waals surface area contributed by atoms with Crippen LogP contribution in [0.2, 0.25) is 0 Å². The number of benzene rings is 2. The minimum absolute atomic E-state index is 0.00778. The topological polar surface area (TPSA) is 95.4 Å². The maximum atomic E-state index is 11.6. The highest BCUT2D eigenvalue weighted by Crippen LogP contribution is 2.38. The molecule has 0 amide bonds. The van der Waals surface area contributed by atoms with E-state index in [4.69, 9.17) is 15.6 Å². The normalized spacial score (nSPS) is 11.3. The van der Waals surface area contributed by atoms with Crippen LogP contribution in [-0.2, 0) is 10.0 Å². The summed E-state index contributed by atoms with van der Waals surface area (Å²) in [5.41, 5.74) is 5.97. The van der Waals surface area contributed by atoms with Crippen LogP contribution in [0.5, 0.6) is 5.75 Å². The van der Waals surface area contributed by atoms with Gasteiger partial charge in [0.15, 0.2) is 0 Å². The fraction of sp³-hybridized carbons (Fsp3) is 0.0769. The molecule has 0 heterocycles. The van der Waals surface area contributed by atoms with E-state index in [2.05, 4.69) is 0 Å². The molecule has 5 nitrogen and oxygen atoms in total. The van der Waals surface area contributed by atoms with Crippen molar-refractivity contribution in [3.63, 3.8) is 0 Å². The first-order valence-electron chi connectivity index (χ1n) is 5.65. The Morgan fingerprint density at radius 2 is 1.80 bits per heavy atom. The molecule has 0 aliphatic rings. The SMILES string of the molecule is COc1ccccc1Sc1ccc(N)cc1S(N)(=O)=O. The molecule has 2 rings (SSSR count). The van der Waals surface area contributed by atoms with Crippen LogP contribution in [0.15, 0.2) is 57.2 Å². The van der Waals surface area contributed by atoms with Crippen molar-refractivity contribution < 1.29 is 13.2 Å². The van der Waals surface area contributed by atoms with Crippen LogP contribution in [0.3, 0.4) is 0 Å². The molecule has 0 spiro atoms. The minimum atomic E-state index is -3.84. The third kappa shape index (κ3) is 3.24.